The molecule has 0 bridgehead atoms. The molecule has 1 heterocycles. The number of nitrogens with one attached hydrogen (secondary N) is 1. The first-order valence-corrected chi connectivity index (χ1v) is 12.6. The summed E-state index contributed by atoms with van der Waals surface area (Å²) in [6, 6.07) is 21.0. The van der Waals surface area contributed by atoms with Crippen molar-refractivity contribution in [3.63, 3.8) is 0 Å². The molecule has 1 N–H and O–H groups in total. The molecule has 8 nitrogen and oxygen atoms in total. The summed E-state index contributed by atoms with van der Waals surface area (Å²) in [7, 11) is 0. The molecule has 1 aliphatic heterocycles. The van der Waals surface area contributed by atoms with Crippen molar-refractivity contribution in [1.29, 1.82) is 0 Å². The molecule has 3 aromatic carbocycles. The Bertz CT molecular complexity index is 1490. The quantitative estimate of drug-likeness (QED) is 0.206. The van der Waals surface area contributed by atoms with E-state index in [0.717, 1.165) is 5.57 Å². The van der Waals surface area contributed by atoms with E-state index >= 15 is 0 Å². The van der Waals surface area contributed by atoms with Crippen molar-refractivity contribution in [3.05, 3.63) is 107 Å². The Morgan fingerprint density at radius 1 is 0.846 bits per heavy atom. The lowest BCUT2D eigenvalue weighted by Gasteiger charge is -2.18. The van der Waals surface area contributed by atoms with Crippen molar-refractivity contribution < 1.29 is 28.7 Å². The summed E-state index contributed by atoms with van der Waals surface area (Å²) in [5.41, 5.74) is 2.87. The average molecular weight is 523 g/mol. The fraction of sp³-hybridized carbons (Fsp3) is 0.194. The molecule has 0 saturated carbocycles. The van der Waals surface area contributed by atoms with Crippen LogP contribution in [0.15, 0.2) is 90.5 Å². The highest BCUT2D eigenvalue weighted by atomic mass is 16.5. The molecule has 0 spiro atoms. The number of hydrogen-bond donors (Lipinski definition) is 1. The van der Waals surface area contributed by atoms with Crippen LogP contribution in [0.4, 0.5) is 11.4 Å². The van der Waals surface area contributed by atoms with Gasteiger partial charge in [0.2, 0.25) is 11.8 Å². The van der Waals surface area contributed by atoms with Gasteiger partial charge in [0.05, 0.1) is 23.1 Å². The number of benzene rings is 3. The summed E-state index contributed by atoms with van der Waals surface area (Å²) in [5, 5.41) is 2.75. The summed E-state index contributed by atoms with van der Waals surface area (Å²) in [4.78, 5) is 64.6. The molecule has 2 aliphatic rings. The number of rotatable bonds is 7. The molecule has 196 valence electrons. The Hall–Kier alpha value is -4.85. The van der Waals surface area contributed by atoms with Gasteiger partial charge in [-0.15, -0.1) is 0 Å². The summed E-state index contributed by atoms with van der Waals surface area (Å²) in [6.07, 6.45) is 3.12. The number of imide groups is 1. The van der Waals surface area contributed by atoms with Crippen molar-refractivity contribution in [1.82, 2.24) is 0 Å². The normalized spacial score (nSPS) is 18.3. The number of nitrogens with zero attached hydrogens (tertiary/aromatic N) is 1. The molecule has 8 heteroatoms. The lowest BCUT2D eigenvalue weighted by molar-refractivity contribution is -0.122. The molecule has 39 heavy (non-hydrogen) atoms. The van der Waals surface area contributed by atoms with Gasteiger partial charge in [-0.05, 0) is 62.2 Å². The van der Waals surface area contributed by atoms with Crippen molar-refractivity contribution in [2.45, 2.75) is 19.8 Å². The Morgan fingerprint density at radius 2 is 1.54 bits per heavy atom. The fourth-order valence-electron chi connectivity index (χ4n) is 4.89. The zero-order chi connectivity index (χ0) is 27.5. The number of Topliss-reactive ketones (excluding diaryl/α,β-unsaturated/α-hetero) is 1. The van der Waals surface area contributed by atoms with Crippen LogP contribution in [0.3, 0.4) is 0 Å². The number of ketones is 1. The van der Waals surface area contributed by atoms with E-state index in [0.29, 0.717) is 29.8 Å². The third-order valence-electron chi connectivity index (χ3n) is 7.00. The second kappa shape index (κ2) is 10.9. The van der Waals surface area contributed by atoms with Gasteiger partial charge in [0, 0.05) is 16.8 Å². The molecule has 1 aliphatic carbocycles. The van der Waals surface area contributed by atoms with Crippen LogP contribution in [0.5, 0.6) is 0 Å². The summed E-state index contributed by atoms with van der Waals surface area (Å²) in [5.74, 6) is -2.59. The molecule has 1 saturated heterocycles. The van der Waals surface area contributed by atoms with E-state index in [1.807, 2.05) is 13.0 Å². The summed E-state index contributed by atoms with van der Waals surface area (Å²) in [6.45, 7) is 1.58. The highest BCUT2D eigenvalue weighted by Crippen LogP contribution is 2.39. The minimum atomic E-state index is -0.657. The smallest absolute Gasteiger partial charge is 0.338 e. The van der Waals surface area contributed by atoms with Crippen molar-refractivity contribution in [3.8, 4) is 0 Å². The van der Waals surface area contributed by atoms with Crippen LogP contribution in [0.25, 0.3) is 0 Å². The lowest BCUT2D eigenvalue weighted by Crippen LogP contribution is -2.31. The maximum atomic E-state index is 13.0. The van der Waals surface area contributed by atoms with Gasteiger partial charge in [-0.2, -0.15) is 0 Å². The van der Waals surface area contributed by atoms with E-state index in [9.17, 15) is 24.0 Å². The number of fused-ring (bicyclic) bond motifs is 1. The van der Waals surface area contributed by atoms with Crippen LogP contribution >= 0.6 is 0 Å². The highest BCUT2D eigenvalue weighted by Gasteiger charge is 2.48. The molecular formula is C31H26N2O6. The van der Waals surface area contributed by atoms with Gasteiger partial charge in [-0.3, -0.25) is 24.1 Å². The predicted octanol–water partition coefficient (Wildman–Crippen LogP) is 4.82. The van der Waals surface area contributed by atoms with E-state index in [-0.39, 0.29) is 47.2 Å². The molecule has 3 aromatic rings. The number of ether oxygens (including phenoxy) is 1. The highest BCUT2D eigenvalue weighted by molar-refractivity contribution is 6.22. The minimum Gasteiger partial charge on any atom is -0.454 e. The number of anilines is 2. The monoisotopic (exact) mass is 522 g/mol. The minimum absolute atomic E-state index is 0.230. The Labute approximate surface area is 225 Å². The van der Waals surface area contributed by atoms with E-state index in [1.54, 1.807) is 60.7 Å². The topological polar surface area (TPSA) is 110 Å². The first-order chi connectivity index (χ1) is 18.8. The van der Waals surface area contributed by atoms with E-state index in [2.05, 4.69) is 5.32 Å². The van der Waals surface area contributed by atoms with E-state index in [1.165, 1.54) is 23.1 Å². The van der Waals surface area contributed by atoms with Gasteiger partial charge >= 0.3 is 5.97 Å². The van der Waals surface area contributed by atoms with Crippen LogP contribution < -0.4 is 10.2 Å². The standard InChI is InChI=1S/C31H26N2O6/c1-19-10-15-25-26(16-19)30(37)33(29(25)36)24-9-5-8-22(17-24)28(35)32-23-13-11-21(12-14-23)31(38)39-18-27(34)20-6-3-2-4-7-20/h2-14,17,25-26H,15-16,18H2,1H3,(H,32,35)/t25-,26-/m0/s1. The number of hydrogen-bond acceptors (Lipinski definition) is 6. The maximum Gasteiger partial charge on any atom is 0.338 e. The van der Waals surface area contributed by atoms with Crippen LogP contribution in [0, 0.1) is 11.8 Å². The molecule has 0 unspecified atom stereocenters. The Balaban J connectivity index is 1.21. The van der Waals surface area contributed by atoms with Crippen LogP contribution in [0.1, 0.15) is 50.8 Å². The second-order valence-corrected chi connectivity index (χ2v) is 9.66. The molecule has 2 atom stereocenters. The number of amides is 3. The van der Waals surface area contributed by atoms with Crippen LogP contribution in [-0.2, 0) is 14.3 Å². The van der Waals surface area contributed by atoms with E-state index < -0.39 is 11.9 Å². The fourth-order valence-corrected chi connectivity index (χ4v) is 4.89. The summed E-state index contributed by atoms with van der Waals surface area (Å²) < 4.78 is 5.12. The molecule has 0 aromatic heterocycles. The number of carbonyl (C=O) groups excluding carboxylic acids is 5. The van der Waals surface area contributed by atoms with Gasteiger partial charge in [0.15, 0.2) is 12.4 Å². The first kappa shape index (κ1) is 25.8. The average Bonchev–Trinajstić information content (AvgIpc) is 3.21. The number of carbonyl (C=O) groups is 5. The second-order valence-electron chi connectivity index (χ2n) is 9.66. The molecule has 3 amide bonds. The van der Waals surface area contributed by atoms with Gasteiger partial charge in [-0.1, -0.05) is 48.0 Å². The third kappa shape index (κ3) is 5.40. The largest absolute Gasteiger partial charge is 0.454 e. The number of esters is 1. The van der Waals surface area contributed by atoms with Gasteiger partial charge in [-0.25, -0.2) is 4.79 Å². The van der Waals surface area contributed by atoms with E-state index in [4.69, 9.17) is 4.74 Å². The van der Waals surface area contributed by atoms with Crippen molar-refractivity contribution in [2.24, 2.45) is 11.8 Å². The Kier molecular flexibility index (Phi) is 7.19. The summed E-state index contributed by atoms with van der Waals surface area (Å²) >= 11 is 0. The maximum absolute atomic E-state index is 13.0. The number of allylic oxidation sites excluding steroid dienone is 2. The predicted molar refractivity (Wildman–Crippen MR) is 144 cm³/mol. The van der Waals surface area contributed by atoms with Crippen molar-refractivity contribution in [2.75, 3.05) is 16.8 Å². The van der Waals surface area contributed by atoms with Crippen LogP contribution in [0.2, 0.25) is 0 Å². The lowest BCUT2D eigenvalue weighted by atomic mass is 9.82. The van der Waals surface area contributed by atoms with Gasteiger partial charge < -0.3 is 10.1 Å². The van der Waals surface area contributed by atoms with Gasteiger partial charge in [0.25, 0.3) is 5.91 Å². The zero-order valence-corrected chi connectivity index (χ0v) is 21.3. The van der Waals surface area contributed by atoms with Crippen LogP contribution in [-0.4, -0.2) is 36.1 Å². The molecule has 5 rings (SSSR count). The van der Waals surface area contributed by atoms with Gasteiger partial charge in [0.1, 0.15) is 0 Å². The Morgan fingerprint density at radius 3 is 2.28 bits per heavy atom. The molecular weight excluding hydrogens is 496 g/mol. The zero-order valence-electron chi connectivity index (χ0n) is 21.3. The molecule has 1 fully saturated rings. The third-order valence-corrected chi connectivity index (χ3v) is 7.00. The first-order valence-electron chi connectivity index (χ1n) is 12.6. The SMILES string of the molecule is CC1=CC[C@@H]2C(=O)N(c3cccc(C(=O)Nc4ccc(C(=O)OCC(=O)c5ccccc5)cc4)c3)C(=O)[C@H]2C1. The molecule has 0 radical (unpaired) electrons. The van der Waals surface area contributed by atoms with Crippen molar-refractivity contribution >= 4 is 40.8 Å².